The van der Waals surface area contributed by atoms with Crippen LogP contribution in [0.15, 0.2) is 59.8 Å². The molecule has 0 aliphatic heterocycles. The Morgan fingerprint density at radius 3 is 2.45 bits per heavy atom. The molecule has 0 saturated heterocycles. The van der Waals surface area contributed by atoms with Gasteiger partial charge in [0, 0.05) is 12.6 Å². The summed E-state index contributed by atoms with van der Waals surface area (Å²) in [5.74, 6) is 1.00. The Kier molecular flexibility index (Phi) is 7.04. The lowest BCUT2D eigenvalue weighted by Gasteiger charge is -2.21. The molecule has 0 spiro atoms. The van der Waals surface area contributed by atoms with E-state index in [0.29, 0.717) is 16.9 Å². The summed E-state index contributed by atoms with van der Waals surface area (Å²) in [7, 11) is 1.84. The molecular formula is C22H25FN4OS. The first-order chi connectivity index (χ1) is 13.9. The molecule has 152 valence electrons. The molecule has 3 rings (SSSR count). The molecule has 5 nitrogen and oxygen atoms in total. The van der Waals surface area contributed by atoms with Crippen molar-refractivity contribution in [3.63, 3.8) is 0 Å². The van der Waals surface area contributed by atoms with E-state index in [1.165, 1.54) is 23.9 Å². The standard InChI is InChI=1S/C22H25FN4OS/c1-15(2)13-19(16-7-5-4-6-8-16)24-20(28)14-29-22-26-25-21(27(22)3)17-9-11-18(23)12-10-17/h4-12,15,19H,13-14H2,1-3H3,(H,24,28)/t19-/m1/s1. The summed E-state index contributed by atoms with van der Waals surface area (Å²) in [6.07, 6.45) is 0.874. The van der Waals surface area contributed by atoms with E-state index >= 15 is 0 Å². The van der Waals surface area contributed by atoms with Gasteiger partial charge in [-0.3, -0.25) is 4.79 Å². The van der Waals surface area contributed by atoms with Gasteiger partial charge in [0.15, 0.2) is 11.0 Å². The lowest BCUT2D eigenvalue weighted by atomic mass is 9.97. The van der Waals surface area contributed by atoms with Crippen molar-refractivity contribution < 1.29 is 9.18 Å². The van der Waals surface area contributed by atoms with Gasteiger partial charge in [-0.2, -0.15) is 0 Å². The molecule has 1 atom stereocenters. The minimum Gasteiger partial charge on any atom is -0.349 e. The minimum atomic E-state index is -0.295. The minimum absolute atomic E-state index is 0.0152. The highest BCUT2D eigenvalue weighted by molar-refractivity contribution is 7.99. The van der Waals surface area contributed by atoms with E-state index < -0.39 is 0 Å². The predicted molar refractivity (Wildman–Crippen MR) is 114 cm³/mol. The summed E-state index contributed by atoms with van der Waals surface area (Å²) >= 11 is 1.33. The van der Waals surface area contributed by atoms with E-state index in [4.69, 9.17) is 0 Å². The second-order valence-electron chi connectivity index (χ2n) is 7.32. The van der Waals surface area contributed by atoms with Crippen LogP contribution in [0.1, 0.15) is 31.9 Å². The number of rotatable bonds is 8. The molecule has 1 N–H and O–H groups in total. The zero-order valence-corrected chi connectivity index (χ0v) is 17.6. The van der Waals surface area contributed by atoms with Crippen LogP contribution in [0.3, 0.4) is 0 Å². The molecule has 0 unspecified atom stereocenters. The van der Waals surface area contributed by atoms with Crippen molar-refractivity contribution in [1.82, 2.24) is 20.1 Å². The molecular weight excluding hydrogens is 387 g/mol. The SMILES string of the molecule is CC(C)C[C@@H](NC(=O)CSc1nnc(-c2ccc(F)cc2)n1C)c1ccccc1. The number of benzene rings is 2. The largest absolute Gasteiger partial charge is 0.349 e. The number of nitrogens with one attached hydrogen (secondary N) is 1. The van der Waals surface area contributed by atoms with Crippen LogP contribution in [-0.2, 0) is 11.8 Å². The summed E-state index contributed by atoms with van der Waals surface area (Å²) in [4.78, 5) is 12.6. The number of nitrogens with zero attached hydrogens (tertiary/aromatic N) is 3. The topological polar surface area (TPSA) is 59.8 Å². The first kappa shape index (κ1) is 21.0. The Bertz CT molecular complexity index is 941. The molecule has 0 saturated carbocycles. The molecule has 7 heteroatoms. The van der Waals surface area contributed by atoms with Gasteiger partial charge in [-0.1, -0.05) is 55.9 Å². The van der Waals surface area contributed by atoms with Crippen molar-refractivity contribution in [1.29, 1.82) is 0 Å². The van der Waals surface area contributed by atoms with Crippen LogP contribution in [0.5, 0.6) is 0 Å². The maximum Gasteiger partial charge on any atom is 0.230 e. The summed E-state index contributed by atoms with van der Waals surface area (Å²) in [6, 6.07) is 16.1. The summed E-state index contributed by atoms with van der Waals surface area (Å²) in [5, 5.41) is 12.1. The number of aromatic nitrogens is 3. The first-order valence-electron chi connectivity index (χ1n) is 9.56. The van der Waals surface area contributed by atoms with Gasteiger partial charge in [-0.05, 0) is 42.2 Å². The lowest BCUT2D eigenvalue weighted by molar-refractivity contribution is -0.119. The van der Waals surface area contributed by atoms with Crippen LogP contribution in [0.4, 0.5) is 4.39 Å². The summed E-state index contributed by atoms with van der Waals surface area (Å²) in [6.45, 7) is 4.29. The first-order valence-corrected chi connectivity index (χ1v) is 10.5. The fourth-order valence-electron chi connectivity index (χ4n) is 3.09. The molecule has 3 aromatic rings. The molecule has 0 bridgehead atoms. The highest BCUT2D eigenvalue weighted by Crippen LogP contribution is 2.24. The zero-order chi connectivity index (χ0) is 20.8. The molecule has 1 aromatic heterocycles. The molecule has 0 aliphatic rings. The van der Waals surface area contributed by atoms with Crippen molar-refractivity contribution in [3.8, 4) is 11.4 Å². The van der Waals surface area contributed by atoms with Crippen LogP contribution in [0.25, 0.3) is 11.4 Å². The van der Waals surface area contributed by atoms with E-state index in [-0.39, 0.29) is 23.5 Å². The van der Waals surface area contributed by atoms with Crippen LogP contribution in [-0.4, -0.2) is 26.4 Å². The highest BCUT2D eigenvalue weighted by atomic mass is 32.2. The molecule has 29 heavy (non-hydrogen) atoms. The molecule has 2 aromatic carbocycles. The lowest BCUT2D eigenvalue weighted by Crippen LogP contribution is -2.31. The van der Waals surface area contributed by atoms with E-state index in [2.05, 4.69) is 29.4 Å². The molecule has 0 aliphatic carbocycles. The molecule has 0 fully saturated rings. The van der Waals surface area contributed by atoms with Crippen molar-refractivity contribution in [3.05, 3.63) is 66.0 Å². The number of hydrogen-bond acceptors (Lipinski definition) is 4. The fraction of sp³-hybridized carbons (Fsp3) is 0.318. The number of carbonyl (C=O) groups is 1. The van der Waals surface area contributed by atoms with Gasteiger partial charge in [0.2, 0.25) is 5.91 Å². The van der Waals surface area contributed by atoms with Gasteiger partial charge in [-0.25, -0.2) is 4.39 Å². The van der Waals surface area contributed by atoms with Crippen LogP contribution >= 0.6 is 11.8 Å². The van der Waals surface area contributed by atoms with E-state index in [0.717, 1.165) is 17.5 Å². The monoisotopic (exact) mass is 412 g/mol. The summed E-state index contributed by atoms with van der Waals surface area (Å²) < 4.78 is 14.9. The third kappa shape index (κ3) is 5.67. The van der Waals surface area contributed by atoms with Crippen molar-refractivity contribution in [2.45, 2.75) is 31.5 Å². The quantitative estimate of drug-likeness (QED) is 0.549. The predicted octanol–water partition coefficient (Wildman–Crippen LogP) is 4.62. The normalized spacial score (nSPS) is 12.2. The average molecular weight is 413 g/mol. The van der Waals surface area contributed by atoms with Crippen molar-refractivity contribution >= 4 is 17.7 Å². The van der Waals surface area contributed by atoms with Crippen LogP contribution in [0.2, 0.25) is 0 Å². The van der Waals surface area contributed by atoms with Crippen LogP contribution < -0.4 is 5.32 Å². The van der Waals surface area contributed by atoms with Gasteiger partial charge in [-0.15, -0.1) is 10.2 Å². The van der Waals surface area contributed by atoms with Gasteiger partial charge in [0.05, 0.1) is 11.8 Å². The molecule has 0 radical (unpaired) electrons. The van der Waals surface area contributed by atoms with Gasteiger partial charge in [0.25, 0.3) is 0 Å². The summed E-state index contributed by atoms with van der Waals surface area (Å²) in [5.41, 5.74) is 1.88. The number of hydrogen-bond donors (Lipinski definition) is 1. The Balaban J connectivity index is 1.63. The van der Waals surface area contributed by atoms with Gasteiger partial charge < -0.3 is 9.88 Å². The van der Waals surface area contributed by atoms with E-state index in [1.54, 1.807) is 12.1 Å². The second-order valence-corrected chi connectivity index (χ2v) is 8.26. The third-order valence-corrected chi connectivity index (χ3v) is 5.53. The van der Waals surface area contributed by atoms with E-state index in [1.807, 2.05) is 41.9 Å². The van der Waals surface area contributed by atoms with Crippen LogP contribution in [0, 0.1) is 11.7 Å². The van der Waals surface area contributed by atoms with E-state index in [9.17, 15) is 9.18 Å². The number of thioether (sulfide) groups is 1. The Hall–Kier alpha value is -2.67. The average Bonchev–Trinajstić information content (AvgIpc) is 3.07. The maximum absolute atomic E-state index is 13.1. The Labute approximate surface area is 174 Å². The molecule has 1 amide bonds. The zero-order valence-electron chi connectivity index (χ0n) is 16.8. The Morgan fingerprint density at radius 2 is 1.79 bits per heavy atom. The third-order valence-electron chi connectivity index (χ3n) is 4.51. The fourth-order valence-corrected chi connectivity index (χ4v) is 3.81. The smallest absolute Gasteiger partial charge is 0.230 e. The number of amides is 1. The Morgan fingerprint density at radius 1 is 1.10 bits per heavy atom. The number of halogens is 1. The molecule has 1 heterocycles. The number of carbonyl (C=O) groups excluding carboxylic acids is 1. The van der Waals surface area contributed by atoms with Gasteiger partial charge >= 0.3 is 0 Å². The van der Waals surface area contributed by atoms with Gasteiger partial charge in [0.1, 0.15) is 5.82 Å². The second kappa shape index (κ2) is 9.69. The highest BCUT2D eigenvalue weighted by Gasteiger charge is 2.18. The van der Waals surface area contributed by atoms with Crippen molar-refractivity contribution in [2.24, 2.45) is 13.0 Å². The maximum atomic E-state index is 13.1. The van der Waals surface area contributed by atoms with Crippen molar-refractivity contribution in [2.75, 3.05) is 5.75 Å².